The first kappa shape index (κ1) is 17.7. The molecule has 0 fully saturated rings. The second-order valence-corrected chi connectivity index (χ2v) is 6.29. The van der Waals surface area contributed by atoms with Crippen LogP contribution < -0.4 is 16.2 Å². The minimum absolute atomic E-state index is 0.0154. The molecule has 4 N–H and O–H groups in total. The Hall–Kier alpha value is -3.15. The molecule has 26 heavy (non-hydrogen) atoms. The number of nitrogens with two attached hydrogens (primary N) is 2. The number of ether oxygens (including phenoxy) is 1. The van der Waals surface area contributed by atoms with Gasteiger partial charge in [-0.05, 0) is 55.0 Å². The Bertz CT molecular complexity index is 969. The van der Waals surface area contributed by atoms with E-state index in [1.165, 1.54) is 11.1 Å². The van der Waals surface area contributed by atoms with Crippen LogP contribution in [0.5, 0.6) is 5.75 Å². The molecule has 0 aliphatic carbocycles. The summed E-state index contributed by atoms with van der Waals surface area (Å²) in [5, 5.41) is 8.80. The summed E-state index contributed by atoms with van der Waals surface area (Å²) >= 11 is 0. The van der Waals surface area contributed by atoms with Gasteiger partial charge in [-0.3, -0.25) is 4.79 Å². The summed E-state index contributed by atoms with van der Waals surface area (Å²) in [6.07, 6.45) is 2.71. The van der Waals surface area contributed by atoms with Crippen molar-refractivity contribution in [1.82, 2.24) is 10.2 Å². The Morgan fingerprint density at radius 1 is 1.12 bits per heavy atom. The third-order valence-electron chi connectivity index (χ3n) is 4.60. The molecule has 0 saturated heterocycles. The molecule has 0 radical (unpaired) electrons. The quantitative estimate of drug-likeness (QED) is 0.711. The lowest BCUT2D eigenvalue weighted by Crippen LogP contribution is -2.17. The molecular weight excluding hydrogens is 328 g/mol. The number of nitrogens with zero attached hydrogens (tertiary/aromatic N) is 2. The molecule has 0 spiro atoms. The monoisotopic (exact) mass is 350 g/mol. The number of carbonyl (C=O) groups excluding carboxylic acids is 1. The van der Waals surface area contributed by atoms with Crippen molar-refractivity contribution in [3.63, 3.8) is 0 Å². The fourth-order valence-electron chi connectivity index (χ4n) is 3.11. The Labute approximate surface area is 152 Å². The molecule has 3 rings (SSSR count). The molecule has 1 aromatic heterocycles. The number of methoxy groups -OCH3 is 1. The standard InChI is InChI=1S/C20H22N4O2/c1-12-9-10-15(26-2)11-14(12)7-3-5-13-6-4-8-16-17(21)19(20(22)25)24-23-18(13)16/h4,6,8-11H,3,5,7H2,1-2H3,(H2,21,23)(H2,22,25). The highest BCUT2D eigenvalue weighted by molar-refractivity contribution is 6.04. The van der Waals surface area contributed by atoms with E-state index in [4.69, 9.17) is 16.2 Å². The van der Waals surface area contributed by atoms with Gasteiger partial charge in [0.15, 0.2) is 5.69 Å². The van der Waals surface area contributed by atoms with E-state index >= 15 is 0 Å². The highest BCUT2D eigenvalue weighted by Gasteiger charge is 2.14. The first-order valence-corrected chi connectivity index (χ1v) is 8.48. The number of anilines is 1. The lowest BCUT2D eigenvalue weighted by atomic mass is 9.98. The summed E-state index contributed by atoms with van der Waals surface area (Å²) in [5.74, 6) is 0.198. The van der Waals surface area contributed by atoms with Gasteiger partial charge in [-0.15, -0.1) is 10.2 Å². The topological polar surface area (TPSA) is 104 Å². The van der Waals surface area contributed by atoms with Crippen LogP contribution in [0.2, 0.25) is 0 Å². The van der Waals surface area contributed by atoms with Gasteiger partial charge in [-0.1, -0.05) is 24.3 Å². The molecule has 1 amide bonds. The predicted octanol–water partition coefficient (Wildman–Crippen LogP) is 2.80. The number of hydrogen-bond donors (Lipinski definition) is 2. The number of fused-ring (bicyclic) bond motifs is 1. The van der Waals surface area contributed by atoms with Crippen molar-refractivity contribution in [3.05, 3.63) is 58.8 Å². The van der Waals surface area contributed by atoms with E-state index in [1.807, 2.05) is 24.3 Å². The molecule has 0 aliphatic heterocycles. The second kappa shape index (κ2) is 7.39. The molecular formula is C20H22N4O2. The largest absolute Gasteiger partial charge is 0.497 e. The number of primary amides is 1. The number of rotatable bonds is 6. The van der Waals surface area contributed by atoms with Crippen molar-refractivity contribution in [2.45, 2.75) is 26.2 Å². The second-order valence-electron chi connectivity index (χ2n) is 6.29. The van der Waals surface area contributed by atoms with E-state index in [-0.39, 0.29) is 11.4 Å². The highest BCUT2D eigenvalue weighted by Crippen LogP contribution is 2.25. The zero-order chi connectivity index (χ0) is 18.7. The smallest absolute Gasteiger partial charge is 0.271 e. The maximum Gasteiger partial charge on any atom is 0.271 e. The number of amides is 1. The van der Waals surface area contributed by atoms with Crippen molar-refractivity contribution in [2.75, 3.05) is 12.8 Å². The van der Waals surface area contributed by atoms with Crippen molar-refractivity contribution < 1.29 is 9.53 Å². The lowest BCUT2D eigenvalue weighted by Gasteiger charge is -2.10. The van der Waals surface area contributed by atoms with E-state index in [9.17, 15) is 4.79 Å². The van der Waals surface area contributed by atoms with Gasteiger partial charge >= 0.3 is 0 Å². The molecule has 0 bridgehead atoms. The van der Waals surface area contributed by atoms with E-state index in [0.717, 1.165) is 36.1 Å². The molecule has 0 saturated carbocycles. The van der Waals surface area contributed by atoms with Crippen LogP contribution in [0.15, 0.2) is 36.4 Å². The van der Waals surface area contributed by atoms with Crippen LogP contribution in [0.1, 0.15) is 33.6 Å². The van der Waals surface area contributed by atoms with Gasteiger partial charge < -0.3 is 16.2 Å². The number of aromatic nitrogens is 2. The van der Waals surface area contributed by atoms with E-state index in [0.29, 0.717) is 5.39 Å². The molecule has 0 atom stereocenters. The lowest BCUT2D eigenvalue weighted by molar-refractivity contribution is 0.0996. The Balaban J connectivity index is 1.82. The molecule has 134 valence electrons. The molecule has 2 aromatic carbocycles. The summed E-state index contributed by atoms with van der Waals surface area (Å²) < 4.78 is 5.31. The summed E-state index contributed by atoms with van der Waals surface area (Å²) in [6, 6.07) is 11.9. The number of benzene rings is 2. The predicted molar refractivity (Wildman–Crippen MR) is 102 cm³/mol. The average molecular weight is 350 g/mol. The SMILES string of the molecule is COc1ccc(C)c(CCCc2cccc3c(N)c(C(N)=O)nnc23)c1. The summed E-state index contributed by atoms with van der Waals surface area (Å²) in [6.45, 7) is 2.10. The van der Waals surface area contributed by atoms with E-state index < -0.39 is 5.91 Å². The van der Waals surface area contributed by atoms with Crippen molar-refractivity contribution in [2.24, 2.45) is 5.73 Å². The van der Waals surface area contributed by atoms with E-state index in [1.54, 1.807) is 7.11 Å². The highest BCUT2D eigenvalue weighted by atomic mass is 16.5. The normalized spacial score (nSPS) is 10.8. The van der Waals surface area contributed by atoms with Crippen molar-refractivity contribution in [1.29, 1.82) is 0 Å². The first-order chi connectivity index (χ1) is 12.5. The number of nitrogen functional groups attached to an aromatic ring is 1. The van der Waals surface area contributed by atoms with Crippen LogP contribution in [-0.4, -0.2) is 23.2 Å². The number of aryl methyl sites for hydroxylation is 3. The van der Waals surface area contributed by atoms with Gasteiger partial charge in [-0.25, -0.2) is 0 Å². The maximum atomic E-state index is 11.4. The van der Waals surface area contributed by atoms with Gasteiger partial charge in [0, 0.05) is 5.39 Å². The van der Waals surface area contributed by atoms with Crippen LogP contribution in [-0.2, 0) is 12.8 Å². The zero-order valence-electron chi connectivity index (χ0n) is 15.0. The van der Waals surface area contributed by atoms with Crippen molar-refractivity contribution >= 4 is 22.5 Å². The van der Waals surface area contributed by atoms with Crippen LogP contribution in [0.3, 0.4) is 0 Å². The van der Waals surface area contributed by atoms with Gasteiger partial charge in [0.05, 0.1) is 18.3 Å². The fraction of sp³-hybridized carbons (Fsp3) is 0.250. The molecule has 6 heteroatoms. The maximum absolute atomic E-state index is 11.4. The molecule has 6 nitrogen and oxygen atoms in total. The summed E-state index contributed by atoms with van der Waals surface area (Å²) in [5.41, 5.74) is 15.9. The Kier molecular flexibility index (Phi) is 5.02. The van der Waals surface area contributed by atoms with Gasteiger partial charge in [0.2, 0.25) is 0 Å². The first-order valence-electron chi connectivity index (χ1n) is 8.48. The molecule has 3 aromatic rings. The Morgan fingerprint density at radius 2 is 1.88 bits per heavy atom. The van der Waals surface area contributed by atoms with Crippen molar-refractivity contribution in [3.8, 4) is 5.75 Å². The molecule has 0 aliphatic rings. The number of carbonyl (C=O) groups is 1. The Morgan fingerprint density at radius 3 is 2.62 bits per heavy atom. The van der Waals surface area contributed by atoms with Crippen LogP contribution in [0, 0.1) is 6.92 Å². The summed E-state index contributed by atoms with van der Waals surface area (Å²) in [7, 11) is 1.67. The third-order valence-corrected chi connectivity index (χ3v) is 4.60. The zero-order valence-corrected chi connectivity index (χ0v) is 15.0. The fourth-order valence-corrected chi connectivity index (χ4v) is 3.11. The van der Waals surface area contributed by atoms with Gasteiger partial charge in [0.1, 0.15) is 5.75 Å². The van der Waals surface area contributed by atoms with E-state index in [2.05, 4.69) is 29.3 Å². The molecule has 0 unspecified atom stereocenters. The minimum atomic E-state index is -0.671. The average Bonchev–Trinajstić information content (AvgIpc) is 2.63. The third kappa shape index (κ3) is 3.44. The van der Waals surface area contributed by atoms with Crippen LogP contribution >= 0.6 is 0 Å². The van der Waals surface area contributed by atoms with Gasteiger partial charge in [0.25, 0.3) is 5.91 Å². The van der Waals surface area contributed by atoms with Crippen LogP contribution in [0.4, 0.5) is 5.69 Å². The number of hydrogen-bond acceptors (Lipinski definition) is 5. The molecule has 1 heterocycles. The van der Waals surface area contributed by atoms with Gasteiger partial charge in [-0.2, -0.15) is 0 Å². The minimum Gasteiger partial charge on any atom is -0.497 e. The summed E-state index contributed by atoms with van der Waals surface area (Å²) in [4.78, 5) is 11.4. The van der Waals surface area contributed by atoms with Crippen LogP contribution in [0.25, 0.3) is 10.9 Å².